The third-order valence-corrected chi connectivity index (χ3v) is 7.51. The number of nitrogens with zero attached hydrogens (tertiary/aromatic N) is 4. The Hall–Kier alpha value is -2.89. The Kier molecular flexibility index (Phi) is 9.61. The minimum Gasteiger partial charge on any atom is -0.480 e. The van der Waals surface area contributed by atoms with E-state index in [9.17, 15) is 29.1 Å². The number of rotatable bonds is 7. The number of benzene rings is 1. The molecule has 0 spiro atoms. The van der Waals surface area contributed by atoms with Crippen molar-refractivity contribution in [2.24, 2.45) is 5.41 Å². The molecule has 0 saturated carbocycles. The summed E-state index contributed by atoms with van der Waals surface area (Å²) in [7, 11) is 0. The van der Waals surface area contributed by atoms with Gasteiger partial charge in [0.2, 0.25) is 11.7 Å². The van der Waals surface area contributed by atoms with Crippen LogP contribution in [0.2, 0.25) is 10.0 Å². The van der Waals surface area contributed by atoms with E-state index in [1.807, 2.05) is 11.0 Å². The molecule has 1 unspecified atom stereocenters. The monoisotopic (exact) mass is 570 g/mol. The standard InChI is InChI=1S/C25H32Cl2N4O7/c1-16(32)31(29-13-11-28(12-14-29)18-9-6-7-17(26)20(18)27)24(37)38-15-25(2,3)21(33)22(34)30-10-5-4-8-19(30)23(35)36/h6-7,9,19H,4-5,8,10-15H2,1-3H3,(H,35,36). The molecule has 2 heterocycles. The zero-order valence-electron chi connectivity index (χ0n) is 21.6. The number of carbonyl (C=O) groups excluding carboxylic acids is 4. The zero-order chi connectivity index (χ0) is 28.2. The molecule has 1 aromatic carbocycles. The van der Waals surface area contributed by atoms with Gasteiger partial charge in [-0.15, -0.1) is 0 Å². The first-order chi connectivity index (χ1) is 17.8. The Labute approximate surface area is 231 Å². The minimum atomic E-state index is -1.43. The summed E-state index contributed by atoms with van der Waals surface area (Å²) in [5, 5.41) is 12.7. The second-order valence-corrected chi connectivity index (χ2v) is 10.7. The van der Waals surface area contributed by atoms with Crippen molar-refractivity contribution in [3.8, 4) is 0 Å². The molecule has 0 aromatic heterocycles. The lowest BCUT2D eigenvalue weighted by Crippen LogP contribution is -2.57. The number of anilines is 1. The molecule has 0 radical (unpaired) electrons. The second-order valence-electron chi connectivity index (χ2n) is 9.96. The Balaban J connectivity index is 1.61. The molecule has 2 aliphatic heterocycles. The lowest BCUT2D eigenvalue weighted by molar-refractivity contribution is -0.158. The summed E-state index contributed by atoms with van der Waals surface area (Å²) in [5.74, 6) is -3.51. The van der Waals surface area contributed by atoms with Crippen LogP contribution >= 0.6 is 23.2 Å². The number of carboxylic acids is 1. The summed E-state index contributed by atoms with van der Waals surface area (Å²) in [6.45, 7) is 5.33. The van der Waals surface area contributed by atoms with Crippen LogP contribution in [0.15, 0.2) is 18.2 Å². The van der Waals surface area contributed by atoms with Crippen molar-refractivity contribution in [3.05, 3.63) is 28.2 Å². The van der Waals surface area contributed by atoms with Crippen LogP contribution in [0.3, 0.4) is 0 Å². The van der Waals surface area contributed by atoms with Crippen LogP contribution in [0.4, 0.5) is 10.5 Å². The number of aliphatic carboxylic acids is 1. The van der Waals surface area contributed by atoms with E-state index in [0.717, 1.165) is 15.6 Å². The van der Waals surface area contributed by atoms with Gasteiger partial charge in [-0.25, -0.2) is 14.6 Å². The Morgan fingerprint density at radius 3 is 2.32 bits per heavy atom. The third kappa shape index (κ3) is 6.57. The highest BCUT2D eigenvalue weighted by molar-refractivity contribution is 6.43. The summed E-state index contributed by atoms with van der Waals surface area (Å²) in [4.78, 5) is 65.7. The molecule has 2 fully saturated rings. The first-order valence-corrected chi connectivity index (χ1v) is 13.1. The van der Waals surface area contributed by atoms with Crippen LogP contribution in [0.1, 0.15) is 40.0 Å². The summed E-state index contributed by atoms with van der Waals surface area (Å²) in [5.41, 5.74) is -0.683. The Morgan fingerprint density at radius 2 is 1.71 bits per heavy atom. The summed E-state index contributed by atoms with van der Waals surface area (Å²) < 4.78 is 5.33. The van der Waals surface area contributed by atoms with E-state index in [4.69, 9.17) is 27.9 Å². The number of carbonyl (C=O) groups is 5. The van der Waals surface area contributed by atoms with E-state index in [0.29, 0.717) is 49.1 Å². The van der Waals surface area contributed by atoms with E-state index < -0.39 is 47.7 Å². The molecular formula is C25H32Cl2N4O7. The first-order valence-electron chi connectivity index (χ1n) is 12.3. The molecule has 13 heteroatoms. The average Bonchev–Trinajstić information content (AvgIpc) is 2.88. The van der Waals surface area contributed by atoms with Gasteiger partial charge >= 0.3 is 12.1 Å². The molecule has 0 aliphatic carbocycles. The van der Waals surface area contributed by atoms with Gasteiger partial charge in [-0.2, -0.15) is 5.01 Å². The number of hydrogen-bond donors (Lipinski definition) is 1. The topological polar surface area (TPSA) is 128 Å². The lowest BCUT2D eigenvalue weighted by atomic mass is 9.87. The van der Waals surface area contributed by atoms with Crippen molar-refractivity contribution in [1.82, 2.24) is 14.9 Å². The van der Waals surface area contributed by atoms with Crippen molar-refractivity contribution in [2.75, 3.05) is 44.2 Å². The fourth-order valence-corrected chi connectivity index (χ4v) is 4.95. The number of piperazine rings is 1. The van der Waals surface area contributed by atoms with Gasteiger partial charge in [0.25, 0.3) is 5.91 Å². The maximum Gasteiger partial charge on any atom is 0.431 e. The predicted molar refractivity (Wildman–Crippen MR) is 140 cm³/mol. The average molecular weight is 571 g/mol. The molecule has 1 aromatic rings. The molecular weight excluding hydrogens is 539 g/mol. The van der Waals surface area contributed by atoms with E-state index in [1.54, 1.807) is 17.1 Å². The molecule has 11 nitrogen and oxygen atoms in total. The largest absolute Gasteiger partial charge is 0.480 e. The number of halogens is 2. The number of carboxylic acid groups (broad SMARTS) is 1. The third-order valence-electron chi connectivity index (χ3n) is 6.70. The number of ether oxygens (including phenoxy) is 1. The SMILES string of the molecule is CC(=O)N(C(=O)OCC(C)(C)C(=O)C(=O)N1CCCCC1C(=O)O)N1CCN(c2cccc(Cl)c2Cl)CC1. The van der Waals surface area contributed by atoms with Crippen molar-refractivity contribution >= 4 is 58.5 Å². The van der Waals surface area contributed by atoms with Gasteiger partial charge in [0.15, 0.2) is 0 Å². The van der Waals surface area contributed by atoms with Crippen molar-refractivity contribution in [1.29, 1.82) is 0 Å². The van der Waals surface area contributed by atoms with Crippen LogP contribution in [0.25, 0.3) is 0 Å². The van der Waals surface area contributed by atoms with Crippen molar-refractivity contribution in [3.63, 3.8) is 0 Å². The van der Waals surface area contributed by atoms with Crippen molar-refractivity contribution < 1.29 is 33.8 Å². The molecule has 3 rings (SSSR count). The van der Waals surface area contributed by atoms with Gasteiger partial charge in [-0.1, -0.05) is 29.3 Å². The number of imide groups is 1. The quantitative estimate of drug-likeness (QED) is 0.491. The molecule has 2 saturated heterocycles. The number of Topliss-reactive ketones (excluding diaryl/α,β-unsaturated/α-hetero) is 1. The highest BCUT2D eigenvalue weighted by atomic mass is 35.5. The van der Waals surface area contributed by atoms with Crippen LogP contribution in [0.5, 0.6) is 0 Å². The normalized spacial score (nSPS) is 18.6. The smallest absolute Gasteiger partial charge is 0.431 e. The fourth-order valence-electron chi connectivity index (χ4n) is 4.54. The van der Waals surface area contributed by atoms with Gasteiger partial charge < -0.3 is 19.6 Å². The van der Waals surface area contributed by atoms with Gasteiger partial charge in [-0.3, -0.25) is 14.4 Å². The van der Waals surface area contributed by atoms with Crippen LogP contribution < -0.4 is 4.90 Å². The molecule has 38 heavy (non-hydrogen) atoms. The highest BCUT2D eigenvalue weighted by Crippen LogP contribution is 2.33. The lowest BCUT2D eigenvalue weighted by Gasteiger charge is -2.40. The van der Waals surface area contributed by atoms with E-state index in [-0.39, 0.29) is 13.0 Å². The number of likely N-dealkylation sites (tertiary alicyclic amines) is 1. The van der Waals surface area contributed by atoms with E-state index in [1.165, 1.54) is 20.8 Å². The van der Waals surface area contributed by atoms with Crippen LogP contribution in [-0.2, 0) is 23.9 Å². The Morgan fingerprint density at radius 1 is 1.05 bits per heavy atom. The van der Waals surface area contributed by atoms with Crippen LogP contribution in [-0.4, -0.2) is 95.1 Å². The summed E-state index contributed by atoms with van der Waals surface area (Å²) in [6.07, 6.45) is 0.551. The van der Waals surface area contributed by atoms with Gasteiger partial charge in [-0.05, 0) is 45.2 Å². The van der Waals surface area contributed by atoms with Crippen molar-refractivity contribution in [2.45, 2.75) is 46.1 Å². The highest BCUT2D eigenvalue weighted by Gasteiger charge is 2.42. The van der Waals surface area contributed by atoms with Crippen LogP contribution in [0, 0.1) is 5.41 Å². The molecule has 1 N–H and O–H groups in total. The second kappa shape index (κ2) is 12.3. The number of ketones is 1. The summed E-state index contributed by atoms with van der Waals surface area (Å²) >= 11 is 12.4. The van der Waals surface area contributed by atoms with E-state index in [2.05, 4.69) is 0 Å². The fraction of sp³-hybridized carbons (Fsp3) is 0.560. The zero-order valence-corrected chi connectivity index (χ0v) is 23.1. The number of hydrogen-bond acceptors (Lipinski definition) is 8. The Bertz CT molecular complexity index is 1110. The molecule has 3 amide bonds. The van der Waals surface area contributed by atoms with Gasteiger partial charge in [0.05, 0.1) is 21.1 Å². The molecule has 1 atom stereocenters. The van der Waals surface area contributed by atoms with Gasteiger partial charge in [0, 0.05) is 39.6 Å². The van der Waals surface area contributed by atoms with E-state index >= 15 is 0 Å². The van der Waals surface area contributed by atoms with Gasteiger partial charge in [0.1, 0.15) is 12.6 Å². The first kappa shape index (κ1) is 29.7. The maximum atomic E-state index is 13.0. The number of hydrazine groups is 1. The summed E-state index contributed by atoms with van der Waals surface area (Å²) in [6, 6.07) is 4.25. The number of piperidine rings is 1. The molecule has 0 bridgehead atoms. The molecule has 2 aliphatic rings. The number of amides is 3. The molecule has 208 valence electrons. The predicted octanol–water partition coefficient (Wildman–Crippen LogP) is 3.08. The maximum absolute atomic E-state index is 13.0. The minimum absolute atomic E-state index is 0.169.